The molecule has 1 aromatic rings. The number of rotatable bonds is 3. The summed E-state index contributed by atoms with van der Waals surface area (Å²) in [4.78, 5) is 3.69. The molecule has 0 unspecified atom stereocenters. The summed E-state index contributed by atoms with van der Waals surface area (Å²) in [7, 11) is 0. The lowest BCUT2D eigenvalue weighted by Crippen LogP contribution is -2.13. The Hall–Kier alpha value is -1.46. The van der Waals surface area contributed by atoms with Crippen molar-refractivity contribution in [2.45, 2.75) is 12.6 Å². The van der Waals surface area contributed by atoms with Crippen molar-refractivity contribution in [3.63, 3.8) is 0 Å². The van der Waals surface area contributed by atoms with E-state index in [0.717, 1.165) is 0 Å². The Morgan fingerprint density at radius 3 is 2.71 bits per heavy atom. The van der Waals surface area contributed by atoms with Crippen molar-refractivity contribution in [1.29, 1.82) is 0 Å². The fourth-order valence-electron chi connectivity index (χ4n) is 0.775. The number of hydrogen-bond acceptors (Lipinski definition) is 3. The first-order chi connectivity index (χ1) is 6.47. The molecule has 0 atom stereocenters. The summed E-state index contributed by atoms with van der Waals surface area (Å²) in [5, 5.41) is 0. The summed E-state index contributed by atoms with van der Waals surface area (Å²) in [5.41, 5.74) is 5.78. The molecular formula is C8H9F3N2O. The van der Waals surface area contributed by atoms with Gasteiger partial charge in [-0.1, -0.05) is 0 Å². The molecule has 0 spiro atoms. The van der Waals surface area contributed by atoms with Crippen LogP contribution in [0.1, 0.15) is 6.42 Å². The molecule has 1 aromatic heterocycles. The van der Waals surface area contributed by atoms with Gasteiger partial charge in [0.15, 0.2) is 0 Å². The van der Waals surface area contributed by atoms with Gasteiger partial charge in [0.25, 0.3) is 0 Å². The van der Waals surface area contributed by atoms with Crippen LogP contribution < -0.4 is 10.5 Å². The van der Waals surface area contributed by atoms with Gasteiger partial charge in [-0.05, 0) is 6.07 Å². The fourth-order valence-corrected chi connectivity index (χ4v) is 0.775. The first kappa shape index (κ1) is 10.6. The van der Waals surface area contributed by atoms with Gasteiger partial charge >= 0.3 is 6.18 Å². The van der Waals surface area contributed by atoms with Crippen LogP contribution in [0.4, 0.5) is 18.9 Å². The van der Waals surface area contributed by atoms with E-state index >= 15 is 0 Å². The van der Waals surface area contributed by atoms with Crippen molar-refractivity contribution in [3.05, 3.63) is 18.3 Å². The van der Waals surface area contributed by atoms with Crippen LogP contribution in [0, 0.1) is 0 Å². The number of alkyl halides is 3. The predicted octanol–water partition coefficient (Wildman–Crippen LogP) is 1.99. The molecule has 0 aliphatic rings. The fraction of sp³-hybridized carbons (Fsp3) is 0.375. The minimum absolute atomic E-state index is 0.106. The van der Waals surface area contributed by atoms with Crippen molar-refractivity contribution >= 4 is 5.69 Å². The SMILES string of the molecule is Nc1ccnc(OCCC(F)(F)F)c1. The van der Waals surface area contributed by atoms with E-state index in [-0.39, 0.29) is 5.88 Å². The lowest BCUT2D eigenvalue weighted by molar-refractivity contribution is -0.139. The van der Waals surface area contributed by atoms with Crippen LogP contribution in [0.2, 0.25) is 0 Å². The van der Waals surface area contributed by atoms with E-state index in [0.29, 0.717) is 5.69 Å². The van der Waals surface area contributed by atoms with Crippen LogP contribution in [0.3, 0.4) is 0 Å². The van der Waals surface area contributed by atoms with E-state index in [1.807, 2.05) is 0 Å². The number of nitrogens with zero attached hydrogens (tertiary/aromatic N) is 1. The number of nitrogen functional groups attached to an aromatic ring is 1. The number of pyridine rings is 1. The largest absolute Gasteiger partial charge is 0.477 e. The second-order valence-electron chi connectivity index (χ2n) is 2.64. The van der Waals surface area contributed by atoms with E-state index < -0.39 is 19.2 Å². The van der Waals surface area contributed by atoms with Gasteiger partial charge in [0, 0.05) is 18.0 Å². The number of hydrogen-bond donors (Lipinski definition) is 1. The van der Waals surface area contributed by atoms with Gasteiger partial charge in [-0.2, -0.15) is 13.2 Å². The normalized spacial score (nSPS) is 11.4. The molecule has 0 saturated heterocycles. The number of anilines is 1. The highest BCUT2D eigenvalue weighted by atomic mass is 19.4. The standard InChI is InChI=1S/C8H9F3N2O/c9-8(10,11)2-4-14-7-5-6(12)1-3-13-7/h1,3,5H,2,4H2,(H2,12,13). The van der Waals surface area contributed by atoms with Crippen molar-refractivity contribution in [2.24, 2.45) is 0 Å². The van der Waals surface area contributed by atoms with Gasteiger partial charge in [-0.3, -0.25) is 0 Å². The van der Waals surface area contributed by atoms with Crippen LogP contribution in [-0.4, -0.2) is 17.8 Å². The highest BCUT2D eigenvalue weighted by Gasteiger charge is 2.26. The third kappa shape index (κ3) is 3.97. The van der Waals surface area contributed by atoms with Gasteiger partial charge in [0.05, 0.1) is 13.0 Å². The molecule has 0 bridgehead atoms. The molecule has 0 fully saturated rings. The summed E-state index contributed by atoms with van der Waals surface area (Å²) >= 11 is 0. The minimum Gasteiger partial charge on any atom is -0.477 e. The van der Waals surface area contributed by atoms with Crippen molar-refractivity contribution in [1.82, 2.24) is 4.98 Å². The van der Waals surface area contributed by atoms with Gasteiger partial charge in [0.1, 0.15) is 0 Å². The molecule has 0 radical (unpaired) electrons. The Kier molecular flexibility index (Phi) is 3.16. The molecule has 6 heteroatoms. The molecule has 1 rings (SSSR count). The minimum atomic E-state index is -4.21. The number of aromatic nitrogens is 1. The topological polar surface area (TPSA) is 48.1 Å². The Morgan fingerprint density at radius 2 is 2.14 bits per heavy atom. The molecule has 78 valence electrons. The summed E-state index contributed by atoms with van der Waals surface area (Å²) in [5.74, 6) is 0.106. The second-order valence-corrected chi connectivity index (χ2v) is 2.64. The van der Waals surface area contributed by atoms with Crippen LogP contribution in [0.15, 0.2) is 18.3 Å². The van der Waals surface area contributed by atoms with Crippen LogP contribution in [-0.2, 0) is 0 Å². The Labute approximate surface area is 78.7 Å². The van der Waals surface area contributed by atoms with Crippen molar-refractivity contribution in [2.75, 3.05) is 12.3 Å². The summed E-state index contributed by atoms with van der Waals surface area (Å²) in [6.07, 6.45) is -3.83. The molecule has 2 N–H and O–H groups in total. The van der Waals surface area contributed by atoms with Crippen LogP contribution in [0.5, 0.6) is 5.88 Å². The van der Waals surface area contributed by atoms with Gasteiger partial charge in [-0.25, -0.2) is 4.98 Å². The van der Waals surface area contributed by atoms with E-state index in [2.05, 4.69) is 4.98 Å². The Bertz CT molecular complexity index is 301. The van der Waals surface area contributed by atoms with E-state index in [9.17, 15) is 13.2 Å². The highest BCUT2D eigenvalue weighted by Crippen LogP contribution is 2.20. The summed E-state index contributed by atoms with van der Waals surface area (Å²) in [6, 6.07) is 2.90. The van der Waals surface area contributed by atoms with E-state index in [1.54, 1.807) is 0 Å². The Morgan fingerprint density at radius 1 is 1.43 bits per heavy atom. The quantitative estimate of drug-likeness (QED) is 0.822. The third-order valence-electron chi connectivity index (χ3n) is 1.39. The maximum absolute atomic E-state index is 11.7. The zero-order chi connectivity index (χ0) is 10.6. The van der Waals surface area contributed by atoms with Crippen LogP contribution >= 0.6 is 0 Å². The number of ether oxygens (including phenoxy) is 1. The maximum atomic E-state index is 11.7. The number of nitrogens with two attached hydrogens (primary N) is 1. The second kappa shape index (κ2) is 4.17. The highest BCUT2D eigenvalue weighted by molar-refractivity contribution is 5.39. The van der Waals surface area contributed by atoms with E-state index in [4.69, 9.17) is 10.5 Å². The molecule has 0 aliphatic heterocycles. The number of halogens is 3. The van der Waals surface area contributed by atoms with E-state index in [1.165, 1.54) is 18.3 Å². The molecule has 3 nitrogen and oxygen atoms in total. The zero-order valence-electron chi connectivity index (χ0n) is 7.21. The zero-order valence-corrected chi connectivity index (χ0v) is 7.21. The molecular weight excluding hydrogens is 197 g/mol. The van der Waals surface area contributed by atoms with Gasteiger partial charge in [0.2, 0.25) is 5.88 Å². The maximum Gasteiger partial charge on any atom is 0.392 e. The smallest absolute Gasteiger partial charge is 0.392 e. The lowest BCUT2D eigenvalue weighted by Gasteiger charge is -2.07. The first-order valence-electron chi connectivity index (χ1n) is 3.88. The first-order valence-corrected chi connectivity index (χ1v) is 3.88. The Balaban J connectivity index is 2.39. The predicted molar refractivity (Wildman–Crippen MR) is 44.8 cm³/mol. The molecule has 0 aromatic carbocycles. The molecule has 14 heavy (non-hydrogen) atoms. The molecule has 0 saturated carbocycles. The molecule has 0 amide bonds. The van der Waals surface area contributed by atoms with Crippen molar-refractivity contribution < 1.29 is 17.9 Å². The van der Waals surface area contributed by atoms with Gasteiger partial charge in [-0.15, -0.1) is 0 Å². The summed E-state index contributed by atoms with van der Waals surface area (Å²) < 4.78 is 39.9. The third-order valence-corrected chi connectivity index (χ3v) is 1.39. The average Bonchev–Trinajstić information content (AvgIpc) is 2.01. The van der Waals surface area contributed by atoms with Gasteiger partial charge < -0.3 is 10.5 Å². The monoisotopic (exact) mass is 206 g/mol. The average molecular weight is 206 g/mol. The van der Waals surface area contributed by atoms with Crippen LogP contribution in [0.25, 0.3) is 0 Å². The molecule has 0 aliphatic carbocycles. The van der Waals surface area contributed by atoms with Crippen molar-refractivity contribution in [3.8, 4) is 5.88 Å². The molecule has 1 heterocycles. The summed E-state index contributed by atoms with van der Waals surface area (Å²) in [6.45, 7) is -0.444. The lowest BCUT2D eigenvalue weighted by atomic mass is 10.4.